The van der Waals surface area contributed by atoms with Crippen LogP contribution in [0.1, 0.15) is 19.4 Å². The number of pyridine rings is 1. The molecule has 1 aromatic heterocycles. The second kappa shape index (κ2) is 4.40. The lowest BCUT2D eigenvalue weighted by molar-refractivity contribution is -0.145. The van der Waals surface area contributed by atoms with Crippen LogP contribution in [0.5, 0.6) is 0 Å². The van der Waals surface area contributed by atoms with Gasteiger partial charge in [0.1, 0.15) is 5.54 Å². The van der Waals surface area contributed by atoms with Crippen LogP contribution < -0.4 is 5.73 Å². The van der Waals surface area contributed by atoms with E-state index in [1.54, 1.807) is 18.5 Å². The van der Waals surface area contributed by atoms with Crippen LogP contribution in [0.25, 0.3) is 0 Å². The maximum atomic E-state index is 11.1. The highest BCUT2D eigenvalue weighted by atomic mass is 16.4. The van der Waals surface area contributed by atoms with Crippen LogP contribution in [0, 0.1) is 5.92 Å². The van der Waals surface area contributed by atoms with Crippen LogP contribution in [0.4, 0.5) is 0 Å². The zero-order chi connectivity index (χ0) is 11.5. The van der Waals surface area contributed by atoms with Crippen molar-refractivity contribution in [3.8, 4) is 0 Å². The van der Waals surface area contributed by atoms with Crippen LogP contribution >= 0.6 is 0 Å². The first-order valence-corrected chi connectivity index (χ1v) is 4.88. The molecule has 0 amide bonds. The fourth-order valence-electron chi connectivity index (χ4n) is 1.37. The number of nitrogens with zero attached hydrogens (tertiary/aromatic N) is 1. The summed E-state index contributed by atoms with van der Waals surface area (Å²) in [5.74, 6) is -1.10. The molecule has 0 saturated heterocycles. The van der Waals surface area contributed by atoms with E-state index in [1.807, 2.05) is 19.9 Å². The molecule has 1 atom stereocenters. The molecule has 1 heterocycles. The van der Waals surface area contributed by atoms with Crippen molar-refractivity contribution in [3.05, 3.63) is 30.1 Å². The van der Waals surface area contributed by atoms with Gasteiger partial charge in [-0.05, 0) is 17.5 Å². The lowest BCUT2D eigenvalue weighted by Gasteiger charge is -2.28. The average Bonchev–Trinajstić information content (AvgIpc) is 2.18. The molecule has 1 aromatic rings. The third-order valence-corrected chi connectivity index (χ3v) is 2.65. The molecule has 4 nitrogen and oxygen atoms in total. The van der Waals surface area contributed by atoms with Crippen LogP contribution in [0.3, 0.4) is 0 Å². The Bertz CT molecular complexity index is 338. The van der Waals surface area contributed by atoms with E-state index in [-0.39, 0.29) is 5.92 Å². The van der Waals surface area contributed by atoms with Crippen molar-refractivity contribution in [1.29, 1.82) is 0 Å². The van der Waals surface area contributed by atoms with Crippen molar-refractivity contribution in [2.45, 2.75) is 25.8 Å². The van der Waals surface area contributed by atoms with Crippen molar-refractivity contribution in [3.63, 3.8) is 0 Å². The Kier molecular flexibility index (Phi) is 3.42. The summed E-state index contributed by atoms with van der Waals surface area (Å²) in [6.07, 6.45) is 3.60. The van der Waals surface area contributed by atoms with E-state index in [2.05, 4.69) is 4.98 Å². The van der Waals surface area contributed by atoms with Crippen LogP contribution in [-0.4, -0.2) is 21.6 Å². The molecule has 0 aliphatic carbocycles. The molecule has 3 N–H and O–H groups in total. The zero-order valence-corrected chi connectivity index (χ0v) is 8.97. The molecular weight excluding hydrogens is 192 g/mol. The number of hydrogen-bond donors (Lipinski definition) is 2. The fraction of sp³-hybridized carbons (Fsp3) is 0.455. The Balaban J connectivity index is 2.90. The Morgan fingerprint density at radius 1 is 1.67 bits per heavy atom. The molecule has 1 unspecified atom stereocenters. The summed E-state index contributed by atoms with van der Waals surface area (Å²) >= 11 is 0. The number of hydrogen-bond acceptors (Lipinski definition) is 3. The van der Waals surface area contributed by atoms with Crippen LogP contribution in [-0.2, 0) is 11.2 Å². The summed E-state index contributed by atoms with van der Waals surface area (Å²) in [6.45, 7) is 3.62. The van der Waals surface area contributed by atoms with Crippen LogP contribution in [0.15, 0.2) is 24.5 Å². The summed E-state index contributed by atoms with van der Waals surface area (Å²) in [7, 11) is 0. The van der Waals surface area contributed by atoms with Crippen LogP contribution in [0.2, 0.25) is 0 Å². The lowest BCUT2D eigenvalue weighted by atomic mass is 9.82. The topological polar surface area (TPSA) is 76.2 Å². The van der Waals surface area contributed by atoms with E-state index < -0.39 is 11.5 Å². The number of nitrogens with two attached hydrogens (primary N) is 1. The fourth-order valence-corrected chi connectivity index (χ4v) is 1.37. The third-order valence-electron chi connectivity index (χ3n) is 2.65. The monoisotopic (exact) mass is 208 g/mol. The van der Waals surface area contributed by atoms with Gasteiger partial charge in [0.2, 0.25) is 0 Å². The van der Waals surface area contributed by atoms with Gasteiger partial charge in [0.15, 0.2) is 0 Å². The highest BCUT2D eigenvalue weighted by Gasteiger charge is 2.37. The minimum Gasteiger partial charge on any atom is -0.480 e. The van der Waals surface area contributed by atoms with E-state index in [4.69, 9.17) is 10.8 Å². The largest absolute Gasteiger partial charge is 0.480 e. The molecule has 0 fully saturated rings. The van der Waals surface area contributed by atoms with Gasteiger partial charge in [0, 0.05) is 18.8 Å². The van der Waals surface area contributed by atoms with Crippen molar-refractivity contribution < 1.29 is 9.90 Å². The maximum absolute atomic E-state index is 11.1. The minimum atomic E-state index is -1.22. The number of aromatic nitrogens is 1. The standard InChI is InChI=1S/C11H16N2O2/c1-8(2)11(12,10(14)15)6-9-4-3-5-13-7-9/h3-5,7-8H,6,12H2,1-2H3,(H,14,15). The summed E-state index contributed by atoms with van der Waals surface area (Å²) in [5.41, 5.74) is 5.51. The van der Waals surface area contributed by atoms with Crippen molar-refractivity contribution in [1.82, 2.24) is 4.98 Å². The van der Waals surface area contributed by atoms with E-state index in [0.717, 1.165) is 5.56 Å². The van der Waals surface area contributed by atoms with E-state index >= 15 is 0 Å². The van der Waals surface area contributed by atoms with Gasteiger partial charge < -0.3 is 10.8 Å². The van der Waals surface area contributed by atoms with Gasteiger partial charge >= 0.3 is 5.97 Å². The van der Waals surface area contributed by atoms with Crippen molar-refractivity contribution in [2.24, 2.45) is 11.7 Å². The summed E-state index contributed by atoms with van der Waals surface area (Å²) in [4.78, 5) is 15.1. The smallest absolute Gasteiger partial charge is 0.324 e. The highest BCUT2D eigenvalue weighted by Crippen LogP contribution is 2.19. The lowest BCUT2D eigenvalue weighted by Crippen LogP contribution is -2.54. The molecule has 0 spiro atoms. The normalized spacial score (nSPS) is 14.9. The summed E-state index contributed by atoms with van der Waals surface area (Å²) < 4.78 is 0. The zero-order valence-electron chi connectivity index (χ0n) is 8.97. The third kappa shape index (κ3) is 2.53. The van der Waals surface area contributed by atoms with E-state index in [1.165, 1.54) is 0 Å². The minimum absolute atomic E-state index is 0.129. The molecule has 4 heteroatoms. The molecule has 0 aliphatic rings. The van der Waals surface area contributed by atoms with Gasteiger partial charge in [-0.1, -0.05) is 19.9 Å². The predicted octanol–water partition coefficient (Wildman–Crippen LogP) is 1.06. The number of aliphatic carboxylic acids is 1. The summed E-state index contributed by atoms with van der Waals surface area (Å²) in [6, 6.07) is 3.61. The summed E-state index contributed by atoms with van der Waals surface area (Å²) in [5, 5.41) is 9.12. The SMILES string of the molecule is CC(C)C(N)(Cc1cccnc1)C(=O)O. The molecule has 0 bridgehead atoms. The average molecular weight is 208 g/mol. The van der Waals surface area contributed by atoms with Gasteiger partial charge in [0.05, 0.1) is 0 Å². The maximum Gasteiger partial charge on any atom is 0.324 e. The molecule has 0 aliphatic heterocycles. The first-order chi connectivity index (χ1) is 6.97. The molecule has 1 rings (SSSR count). The van der Waals surface area contributed by atoms with E-state index in [9.17, 15) is 4.79 Å². The Hall–Kier alpha value is -1.42. The van der Waals surface area contributed by atoms with Gasteiger partial charge in [0.25, 0.3) is 0 Å². The Morgan fingerprint density at radius 3 is 2.73 bits per heavy atom. The second-order valence-corrected chi connectivity index (χ2v) is 4.04. The Labute approximate surface area is 89.1 Å². The first kappa shape index (κ1) is 11.7. The van der Waals surface area contributed by atoms with E-state index in [0.29, 0.717) is 6.42 Å². The van der Waals surface area contributed by atoms with Gasteiger partial charge in [-0.25, -0.2) is 0 Å². The quantitative estimate of drug-likeness (QED) is 0.775. The molecule has 15 heavy (non-hydrogen) atoms. The highest BCUT2D eigenvalue weighted by molar-refractivity contribution is 5.79. The number of carboxylic acids is 1. The number of carboxylic acid groups (broad SMARTS) is 1. The number of rotatable bonds is 4. The molecule has 0 saturated carbocycles. The van der Waals surface area contributed by atoms with Gasteiger partial charge in [-0.3, -0.25) is 9.78 Å². The molecule has 82 valence electrons. The number of carbonyl (C=O) groups is 1. The molecule has 0 aromatic carbocycles. The molecule has 0 radical (unpaired) electrons. The van der Waals surface area contributed by atoms with Gasteiger partial charge in [-0.15, -0.1) is 0 Å². The van der Waals surface area contributed by atoms with Crippen molar-refractivity contribution >= 4 is 5.97 Å². The second-order valence-electron chi connectivity index (χ2n) is 4.04. The first-order valence-electron chi connectivity index (χ1n) is 4.88. The predicted molar refractivity (Wildman–Crippen MR) is 57.3 cm³/mol. The Morgan fingerprint density at radius 2 is 2.33 bits per heavy atom. The molecular formula is C11H16N2O2. The van der Waals surface area contributed by atoms with Crippen molar-refractivity contribution in [2.75, 3.05) is 0 Å². The van der Waals surface area contributed by atoms with Gasteiger partial charge in [-0.2, -0.15) is 0 Å².